The molecule has 1 aliphatic rings. The second-order valence-corrected chi connectivity index (χ2v) is 6.92. The SMILES string of the molecule is Nc1ccc(S(=O)(=O)NCC2CCSC2)cn1. The Hall–Kier alpha value is -0.790. The van der Waals surface area contributed by atoms with Gasteiger partial charge in [0.1, 0.15) is 10.7 Å². The fourth-order valence-electron chi connectivity index (χ4n) is 1.61. The molecular weight excluding hydrogens is 258 g/mol. The second kappa shape index (κ2) is 5.24. The number of sulfonamides is 1. The lowest BCUT2D eigenvalue weighted by molar-refractivity contribution is 0.545. The van der Waals surface area contributed by atoms with Gasteiger partial charge in [-0.15, -0.1) is 0 Å². The van der Waals surface area contributed by atoms with E-state index >= 15 is 0 Å². The summed E-state index contributed by atoms with van der Waals surface area (Å²) in [7, 11) is -3.44. The van der Waals surface area contributed by atoms with Gasteiger partial charge in [-0.1, -0.05) is 0 Å². The molecule has 0 spiro atoms. The average molecular weight is 273 g/mol. The summed E-state index contributed by atoms with van der Waals surface area (Å²) in [5.41, 5.74) is 5.41. The van der Waals surface area contributed by atoms with Crippen LogP contribution in [-0.2, 0) is 10.0 Å². The monoisotopic (exact) mass is 273 g/mol. The van der Waals surface area contributed by atoms with E-state index < -0.39 is 10.0 Å². The number of nitrogens with two attached hydrogens (primary N) is 1. The minimum atomic E-state index is -3.44. The van der Waals surface area contributed by atoms with E-state index in [4.69, 9.17) is 5.73 Å². The molecule has 1 fully saturated rings. The van der Waals surface area contributed by atoms with Crippen LogP contribution in [0.15, 0.2) is 23.2 Å². The topological polar surface area (TPSA) is 85.1 Å². The summed E-state index contributed by atoms with van der Waals surface area (Å²) in [6.45, 7) is 0.500. The lowest BCUT2D eigenvalue weighted by Gasteiger charge is -2.10. The molecule has 0 radical (unpaired) electrons. The lowest BCUT2D eigenvalue weighted by Crippen LogP contribution is -2.29. The molecule has 1 aromatic rings. The van der Waals surface area contributed by atoms with Crippen LogP contribution in [0.1, 0.15) is 6.42 Å². The zero-order chi connectivity index (χ0) is 12.3. The first-order valence-electron chi connectivity index (χ1n) is 5.37. The van der Waals surface area contributed by atoms with Gasteiger partial charge in [-0.25, -0.2) is 18.1 Å². The molecule has 0 aliphatic carbocycles. The molecule has 0 bridgehead atoms. The smallest absolute Gasteiger partial charge is 0.242 e. The highest BCUT2D eigenvalue weighted by atomic mass is 32.2. The number of aromatic nitrogens is 1. The van der Waals surface area contributed by atoms with E-state index in [1.165, 1.54) is 18.3 Å². The molecule has 2 heterocycles. The fourth-order valence-corrected chi connectivity index (χ4v) is 3.95. The molecule has 1 aromatic heterocycles. The molecule has 3 N–H and O–H groups in total. The zero-order valence-electron chi connectivity index (χ0n) is 9.30. The Kier molecular flexibility index (Phi) is 3.90. The number of pyridine rings is 1. The van der Waals surface area contributed by atoms with Gasteiger partial charge in [0.15, 0.2) is 0 Å². The molecular formula is C10H15N3O2S2. The van der Waals surface area contributed by atoms with Gasteiger partial charge in [-0.2, -0.15) is 11.8 Å². The third-order valence-electron chi connectivity index (χ3n) is 2.66. The number of thioether (sulfide) groups is 1. The van der Waals surface area contributed by atoms with Gasteiger partial charge in [0.2, 0.25) is 10.0 Å². The third kappa shape index (κ3) is 3.34. The standard InChI is InChI=1S/C10H15N3O2S2/c11-10-2-1-9(6-12-10)17(14,15)13-5-8-3-4-16-7-8/h1-2,6,8,13H,3-5,7H2,(H2,11,12). The van der Waals surface area contributed by atoms with Crippen LogP contribution in [0.2, 0.25) is 0 Å². The van der Waals surface area contributed by atoms with Gasteiger partial charge in [0.05, 0.1) is 0 Å². The molecule has 1 saturated heterocycles. The quantitative estimate of drug-likeness (QED) is 0.843. The summed E-state index contributed by atoms with van der Waals surface area (Å²) in [5, 5.41) is 0. The van der Waals surface area contributed by atoms with E-state index in [9.17, 15) is 8.42 Å². The summed E-state index contributed by atoms with van der Waals surface area (Å²) in [6, 6.07) is 2.95. The van der Waals surface area contributed by atoms with Crippen LogP contribution < -0.4 is 10.5 Å². The maximum absolute atomic E-state index is 11.9. The minimum absolute atomic E-state index is 0.164. The number of anilines is 1. The number of nitrogens with one attached hydrogen (secondary N) is 1. The molecule has 94 valence electrons. The van der Waals surface area contributed by atoms with Crippen molar-refractivity contribution in [1.82, 2.24) is 9.71 Å². The summed E-state index contributed by atoms with van der Waals surface area (Å²) in [4.78, 5) is 3.94. The highest BCUT2D eigenvalue weighted by Gasteiger charge is 2.20. The van der Waals surface area contributed by atoms with E-state index in [2.05, 4.69) is 9.71 Å². The van der Waals surface area contributed by atoms with Crippen LogP contribution in [0.25, 0.3) is 0 Å². The highest BCUT2D eigenvalue weighted by molar-refractivity contribution is 7.99. The highest BCUT2D eigenvalue weighted by Crippen LogP contribution is 2.23. The van der Waals surface area contributed by atoms with E-state index in [0.717, 1.165) is 17.9 Å². The van der Waals surface area contributed by atoms with Crippen molar-refractivity contribution in [3.8, 4) is 0 Å². The molecule has 7 heteroatoms. The molecule has 1 atom stereocenters. The molecule has 2 rings (SSSR count). The number of nitrogen functional groups attached to an aromatic ring is 1. The van der Waals surface area contributed by atoms with Crippen molar-refractivity contribution in [2.75, 3.05) is 23.8 Å². The maximum atomic E-state index is 11.9. The van der Waals surface area contributed by atoms with Crippen LogP contribution in [0.3, 0.4) is 0 Å². The van der Waals surface area contributed by atoms with Crippen LogP contribution in [0.5, 0.6) is 0 Å². The Bertz CT molecular complexity index is 467. The van der Waals surface area contributed by atoms with E-state index in [1.807, 2.05) is 11.8 Å². The summed E-state index contributed by atoms with van der Waals surface area (Å²) in [6.07, 6.45) is 2.36. The summed E-state index contributed by atoms with van der Waals surface area (Å²) >= 11 is 1.87. The number of hydrogen-bond acceptors (Lipinski definition) is 5. The second-order valence-electron chi connectivity index (χ2n) is 4.00. The zero-order valence-corrected chi connectivity index (χ0v) is 10.9. The fraction of sp³-hybridized carbons (Fsp3) is 0.500. The Labute approximate surface area is 105 Å². The first-order chi connectivity index (χ1) is 8.08. The van der Waals surface area contributed by atoms with Crippen molar-refractivity contribution in [3.05, 3.63) is 18.3 Å². The molecule has 0 amide bonds. The van der Waals surface area contributed by atoms with Crippen molar-refractivity contribution in [2.45, 2.75) is 11.3 Å². The van der Waals surface area contributed by atoms with Crippen molar-refractivity contribution in [3.63, 3.8) is 0 Å². The van der Waals surface area contributed by atoms with Crippen LogP contribution in [0.4, 0.5) is 5.82 Å². The summed E-state index contributed by atoms with van der Waals surface area (Å²) < 4.78 is 26.4. The van der Waals surface area contributed by atoms with Crippen LogP contribution in [-0.4, -0.2) is 31.5 Å². The van der Waals surface area contributed by atoms with Gasteiger partial charge >= 0.3 is 0 Å². The van der Waals surface area contributed by atoms with E-state index in [-0.39, 0.29) is 4.90 Å². The third-order valence-corrected chi connectivity index (χ3v) is 5.30. The molecule has 5 nitrogen and oxygen atoms in total. The molecule has 1 aliphatic heterocycles. The average Bonchev–Trinajstić information content (AvgIpc) is 2.80. The van der Waals surface area contributed by atoms with E-state index in [1.54, 1.807) is 0 Å². The predicted octanol–water partition coefficient (Wildman–Crippen LogP) is 0.695. The van der Waals surface area contributed by atoms with Crippen molar-refractivity contribution in [2.24, 2.45) is 5.92 Å². The maximum Gasteiger partial charge on any atom is 0.242 e. The Morgan fingerprint density at radius 3 is 2.94 bits per heavy atom. The Balaban J connectivity index is 2.00. The summed E-state index contributed by atoms with van der Waals surface area (Å²) in [5.74, 6) is 2.91. The molecule has 1 unspecified atom stereocenters. The first-order valence-corrected chi connectivity index (χ1v) is 8.00. The first kappa shape index (κ1) is 12.7. The Morgan fingerprint density at radius 1 is 1.53 bits per heavy atom. The number of nitrogens with zero attached hydrogens (tertiary/aromatic N) is 1. The number of rotatable bonds is 4. The molecule has 0 aromatic carbocycles. The van der Waals surface area contributed by atoms with Gasteiger partial charge in [-0.3, -0.25) is 0 Å². The van der Waals surface area contributed by atoms with Gasteiger partial charge in [-0.05, 0) is 36.0 Å². The van der Waals surface area contributed by atoms with Crippen molar-refractivity contribution >= 4 is 27.6 Å². The van der Waals surface area contributed by atoms with Crippen LogP contribution in [0, 0.1) is 5.92 Å². The van der Waals surface area contributed by atoms with Gasteiger partial charge in [0.25, 0.3) is 0 Å². The number of hydrogen-bond donors (Lipinski definition) is 2. The van der Waals surface area contributed by atoms with Crippen LogP contribution >= 0.6 is 11.8 Å². The van der Waals surface area contributed by atoms with Crippen molar-refractivity contribution < 1.29 is 8.42 Å². The molecule has 17 heavy (non-hydrogen) atoms. The Morgan fingerprint density at radius 2 is 2.35 bits per heavy atom. The minimum Gasteiger partial charge on any atom is -0.384 e. The lowest BCUT2D eigenvalue weighted by atomic mass is 10.1. The van der Waals surface area contributed by atoms with Gasteiger partial charge in [0, 0.05) is 12.7 Å². The van der Waals surface area contributed by atoms with Gasteiger partial charge < -0.3 is 5.73 Å². The van der Waals surface area contributed by atoms with Crippen molar-refractivity contribution in [1.29, 1.82) is 0 Å². The largest absolute Gasteiger partial charge is 0.384 e. The van der Waals surface area contributed by atoms with E-state index in [0.29, 0.717) is 18.3 Å². The molecule has 0 saturated carbocycles. The predicted molar refractivity (Wildman–Crippen MR) is 69.3 cm³/mol. The normalized spacial score (nSPS) is 20.6.